The summed E-state index contributed by atoms with van der Waals surface area (Å²) in [6, 6.07) is 9.01. The van der Waals surface area contributed by atoms with E-state index in [4.69, 9.17) is 16.0 Å². The van der Waals surface area contributed by atoms with Crippen molar-refractivity contribution < 1.29 is 17.8 Å². The number of hydrogen-bond acceptors (Lipinski definition) is 7. The van der Waals surface area contributed by atoms with Crippen LogP contribution in [0.1, 0.15) is 38.5 Å². The van der Waals surface area contributed by atoms with E-state index in [0.29, 0.717) is 53.6 Å². The first kappa shape index (κ1) is 22.5. The summed E-state index contributed by atoms with van der Waals surface area (Å²) in [7, 11) is -3.83. The van der Waals surface area contributed by atoms with E-state index in [0.717, 1.165) is 6.07 Å². The SMILES string of the molecule is CC(C)NS(=O)(=O)c1ccc(N2CCC(c3nc4cc(Cl)ccc4o3)CC2)c([N+](=O)[O-])c1. The van der Waals surface area contributed by atoms with Crippen molar-refractivity contribution in [1.29, 1.82) is 0 Å². The number of nitro groups is 1. The van der Waals surface area contributed by atoms with Gasteiger partial charge in [0.1, 0.15) is 11.2 Å². The molecule has 0 radical (unpaired) electrons. The smallest absolute Gasteiger partial charge is 0.293 e. The summed E-state index contributed by atoms with van der Waals surface area (Å²) < 4.78 is 33.2. The highest BCUT2D eigenvalue weighted by Crippen LogP contribution is 2.36. The normalized spacial score (nSPS) is 15.6. The summed E-state index contributed by atoms with van der Waals surface area (Å²) in [6.45, 7) is 4.49. The molecule has 170 valence electrons. The van der Waals surface area contributed by atoms with Crippen molar-refractivity contribution in [2.75, 3.05) is 18.0 Å². The summed E-state index contributed by atoms with van der Waals surface area (Å²) in [5, 5.41) is 12.3. The lowest BCUT2D eigenvalue weighted by atomic mass is 9.96. The van der Waals surface area contributed by atoms with Crippen LogP contribution < -0.4 is 9.62 Å². The Kier molecular flexibility index (Phi) is 6.11. The van der Waals surface area contributed by atoms with Gasteiger partial charge >= 0.3 is 0 Å². The van der Waals surface area contributed by atoms with Crippen molar-refractivity contribution in [2.24, 2.45) is 0 Å². The molecule has 0 amide bonds. The second-order valence-corrected chi connectivity index (χ2v) is 10.3. The second kappa shape index (κ2) is 8.68. The molecule has 1 aromatic heterocycles. The Morgan fingerprint density at radius 2 is 1.94 bits per heavy atom. The van der Waals surface area contributed by atoms with Crippen molar-refractivity contribution in [3.8, 4) is 0 Å². The minimum atomic E-state index is -3.83. The van der Waals surface area contributed by atoms with Gasteiger partial charge in [-0.1, -0.05) is 11.6 Å². The van der Waals surface area contributed by atoms with Gasteiger partial charge in [0.2, 0.25) is 10.0 Å². The lowest BCUT2D eigenvalue weighted by Gasteiger charge is -2.32. The second-order valence-electron chi connectivity index (χ2n) is 8.11. The Balaban J connectivity index is 1.54. The number of halogens is 1. The van der Waals surface area contributed by atoms with Crippen LogP contribution in [-0.2, 0) is 10.0 Å². The third-order valence-corrected chi connectivity index (χ3v) is 7.29. The highest BCUT2D eigenvalue weighted by molar-refractivity contribution is 7.89. The van der Waals surface area contributed by atoms with Crippen molar-refractivity contribution in [1.82, 2.24) is 9.71 Å². The molecule has 2 aromatic carbocycles. The van der Waals surface area contributed by atoms with E-state index >= 15 is 0 Å². The van der Waals surface area contributed by atoms with Gasteiger partial charge in [0.15, 0.2) is 11.5 Å². The van der Waals surface area contributed by atoms with Gasteiger partial charge in [-0.2, -0.15) is 0 Å². The van der Waals surface area contributed by atoms with Gasteiger partial charge in [-0.3, -0.25) is 10.1 Å². The molecule has 1 fully saturated rings. The standard InChI is InChI=1S/C21H23ClN4O5S/c1-13(2)24-32(29,30)16-4-5-18(19(12-16)26(27)28)25-9-7-14(8-10-25)21-23-17-11-15(22)3-6-20(17)31-21/h3-6,11-14,24H,7-10H2,1-2H3. The number of nitrogens with one attached hydrogen (secondary N) is 1. The Bertz CT molecular complexity index is 1270. The average molecular weight is 479 g/mol. The molecule has 0 unspecified atom stereocenters. The number of nitrogens with zero attached hydrogens (tertiary/aromatic N) is 3. The van der Waals surface area contributed by atoms with Crippen molar-refractivity contribution in [2.45, 2.75) is 43.5 Å². The number of piperidine rings is 1. The Morgan fingerprint density at radius 3 is 2.59 bits per heavy atom. The highest BCUT2D eigenvalue weighted by atomic mass is 35.5. The van der Waals surface area contributed by atoms with Crippen LogP contribution in [0.2, 0.25) is 5.02 Å². The predicted octanol–water partition coefficient (Wildman–Crippen LogP) is 4.46. The molecule has 32 heavy (non-hydrogen) atoms. The van der Waals surface area contributed by atoms with Crippen LogP contribution >= 0.6 is 11.6 Å². The maximum Gasteiger partial charge on any atom is 0.293 e. The zero-order chi connectivity index (χ0) is 23.0. The van der Waals surface area contributed by atoms with Crippen LogP contribution in [0.3, 0.4) is 0 Å². The van der Waals surface area contributed by atoms with Crippen LogP contribution in [0, 0.1) is 10.1 Å². The largest absolute Gasteiger partial charge is 0.440 e. The molecular weight excluding hydrogens is 456 g/mol. The summed E-state index contributed by atoms with van der Waals surface area (Å²) in [5.74, 6) is 0.726. The molecule has 0 bridgehead atoms. The van der Waals surface area contributed by atoms with E-state index in [1.165, 1.54) is 12.1 Å². The zero-order valence-corrected chi connectivity index (χ0v) is 19.2. The number of hydrogen-bond donors (Lipinski definition) is 1. The van der Waals surface area contributed by atoms with Crippen LogP contribution in [0.25, 0.3) is 11.1 Å². The summed E-state index contributed by atoms with van der Waals surface area (Å²) in [4.78, 5) is 17.5. The third kappa shape index (κ3) is 4.57. The number of nitro benzene ring substituents is 1. The molecule has 1 aliphatic heterocycles. The van der Waals surface area contributed by atoms with Gasteiger partial charge in [-0.05, 0) is 57.0 Å². The lowest BCUT2D eigenvalue weighted by molar-refractivity contribution is -0.384. The minimum absolute atomic E-state index is 0.0892. The van der Waals surface area contributed by atoms with Gasteiger partial charge in [0, 0.05) is 36.1 Å². The molecule has 1 N–H and O–H groups in total. The van der Waals surface area contributed by atoms with Crippen molar-refractivity contribution in [3.63, 3.8) is 0 Å². The summed E-state index contributed by atoms with van der Waals surface area (Å²) in [5.41, 5.74) is 1.56. The van der Waals surface area contributed by atoms with Crippen LogP contribution in [0.15, 0.2) is 45.7 Å². The maximum absolute atomic E-state index is 12.4. The van der Waals surface area contributed by atoms with E-state index < -0.39 is 14.9 Å². The fraction of sp³-hybridized carbons (Fsp3) is 0.381. The molecule has 4 rings (SSSR count). The molecule has 9 nitrogen and oxygen atoms in total. The molecule has 2 heterocycles. The first-order valence-electron chi connectivity index (χ1n) is 10.3. The molecule has 0 spiro atoms. The predicted molar refractivity (Wildman–Crippen MR) is 122 cm³/mol. The number of benzene rings is 2. The van der Waals surface area contributed by atoms with Gasteiger partial charge in [-0.25, -0.2) is 18.1 Å². The minimum Gasteiger partial charge on any atom is -0.440 e. The van der Waals surface area contributed by atoms with Crippen LogP contribution in [-0.4, -0.2) is 37.5 Å². The van der Waals surface area contributed by atoms with Gasteiger partial charge in [0.25, 0.3) is 5.69 Å². The average Bonchev–Trinajstić information content (AvgIpc) is 3.15. The van der Waals surface area contributed by atoms with E-state index in [1.807, 2.05) is 4.90 Å². The molecular formula is C21H23ClN4O5S. The fourth-order valence-corrected chi connectivity index (χ4v) is 5.36. The molecule has 11 heteroatoms. The fourth-order valence-electron chi connectivity index (χ4n) is 3.92. The lowest BCUT2D eigenvalue weighted by Crippen LogP contribution is -2.33. The monoisotopic (exact) mass is 478 g/mol. The maximum atomic E-state index is 12.4. The van der Waals surface area contributed by atoms with E-state index in [9.17, 15) is 18.5 Å². The number of anilines is 1. The van der Waals surface area contributed by atoms with Gasteiger partial charge in [0.05, 0.1) is 9.82 Å². The number of sulfonamides is 1. The Morgan fingerprint density at radius 1 is 1.22 bits per heavy atom. The summed E-state index contributed by atoms with van der Waals surface area (Å²) in [6.07, 6.45) is 1.40. The first-order valence-corrected chi connectivity index (χ1v) is 12.1. The quantitative estimate of drug-likeness (QED) is 0.410. The van der Waals surface area contributed by atoms with E-state index in [2.05, 4.69) is 9.71 Å². The number of oxazole rings is 1. The molecule has 1 aliphatic rings. The number of rotatable bonds is 6. The first-order chi connectivity index (χ1) is 15.1. The number of aromatic nitrogens is 1. The van der Waals surface area contributed by atoms with Gasteiger partial charge in [-0.15, -0.1) is 0 Å². The highest BCUT2D eigenvalue weighted by Gasteiger charge is 2.29. The van der Waals surface area contributed by atoms with Crippen molar-refractivity contribution >= 4 is 44.1 Å². The summed E-state index contributed by atoms with van der Waals surface area (Å²) >= 11 is 6.02. The van der Waals surface area contributed by atoms with Crippen molar-refractivity contribution in [3.05, 3.63) is 57.4 Å². The molecule has 0 atom stereocenters. The third-order valence-electron chi connectivity index (χ3n) is 5.40. The molecule has 1 saturated heterocycles. The van der Waals surface area contributed by atoms with Crippen LogP contribution in [0.5, 0.6) is 0 Å². The Hall–Kier alpha value is -2.69. The van der Waals surface area contributed by atoms with E-state index in [1.54, 1.807) is 32.0 Å². The Labute approximate surface area is 190 Å². The molecule has 0 aliphatic carbocycles. The van der Waals surface area contributed by atoms with Crippen LogP contribution in [0.4, 0.5) is 11.4 Å². The van der Waals surface area contributed by atoms with Gasteiger partial charge < -0.3 is 9.32 Å². The molecule has 3 aromatic rings. The zero-order valence-electron chi connectivity index (χ0n) is 17.6. The number of fused-ring (bicyclic) bond motifs is 1. The molecule has 0 saturated carbocycles. The van der Waals surface area contributed by atoms with E-state index in [-0.39, 0.29) is 22.5 Å². The topological polar surface area (TPSA) is 119 Å².